The van der Waals surface area contributed by atoms with E-state index in [9.17, 15) is 5.11 Å². The van der Waals surface area contributed by atoms with Gasteiger partial charge in [0.1, 0.15) is 36.2 Å². The average Bonchev–Trinajstić information content (AvgIpc) is 3.19. The molecule has 0 saturated heterocycles. The van der Waals surface area contributed by atoms with E-state index in [0.717, 1.165) is 76.8 Å². The lowest BCUT2D eigenvalue weighted by Crippen LogP contribution is -2.15. The third-order valence-electron chi connectivity index (χ3n) is 9.22. The zero-order chi connectivity index (χ0) is 35.3. The van der Waals surface area contributed by atoms with Crippen LogP contribution in [-0.4, -0.2) is 47.4 Å². The number of aromatic hydroxyl groups is 1. The zero-order valence-electron chi connectivity index (χ0n) is 28.1. The summed E-state index contributed by atoms with van der Waals surface area (Å²) >= 11 is 1.23. The predicted octanol–water partition coefficient (Wildman–Crippen LogP) is 11.1. The quantitative estimate of drug-likeness (QED) is 0.0711. The molecular formula is C44H33AlIO6. The van der Waals surface area contributed by atoms with Gasteiger partial charge in [-0.2, -0.15) is 0 Å². The molecule has 255 valence electrons. The first-order valence-corrected chi connectivity index (χ1v) is 18.9. The van der Waals surface area contributed by atoms with Crippen molar-refractivity contribution in [1.29, 1.82) is 0 Å². The molecular weight excluding hydrogens is 778 g/mol. The van der Waals surface area contributed by atoms with Crippen molar-refractivity contribution in [1.82, 2.24) is 0 Å². The fraction of sp³-hybridized carbons (Fsp3) is 0.0909. The van der Waals surface area contributed by atoms with Crippen molar-refractivity contribution in [2.75, 3.05) is 26.4 Å². The van der Waals surface area contributed by atoms with Crippen LogP contribution in [0.3, 0.4) is 0 Å². The molecule has 8 heteroatoms. The number of rotatable bonds is 13. The second kappa shape index (κ2) is 15.8. The molecule has 0 fully saturated rings. The third-order valence-corrected chi connectivity index (χ3v) is 10.4. The van der Waals surface area contributed by atoms with Crippen LogP contribution >= 0.6 is 23.0 Å². The summed E-state index contributed by atoms with van der Waals surface area (Å²) in [5.74, 6) is 2.44. The summed E-state index contributed by atoms with van der Waals surface area (Å²) in [5, 5.41) is 19.6. The van der Waals surface area contributed by atoms with Crippen molar-refractivity contribution in [3.8, 4) is 45.3 Å². The van der Waals surface area contributed by atoms with Crippen molar-refractivity contribution < 1.29 is 25.2 Å². The van der Waals surface area contributed by atoms with Crippen molar-refractivity contribution in [3.05, 3.63) is 146 Å². The number of phenolic OH excluding ortho intramolecular Hbond substituents is 1. The highest BCUT2D eigenvalue weighted by Crippen LogP contribution is 2.47. The number of hydrogen-bond donors (Lipinski definition) is 1. The number of ether oxygens (including phenoxy) is 2. The number of hydrogen-bond acceptors (Lipinski definition) is 6. The van der Waals surface area contributed by atoms with Crippen LogP contribution in [0.1, 0.15) is 0 Å². The van der Waals surface area contributed by atoms with Crippen molar-refractivity contribution in [2.24, 2.45) is 0 Å². The van der Waals surface area contributed by atoms with Gasteiger partial charge in [0.2, 0.25) is 0 Å². The maximum atomic E-state index is 11.1. The molecule has 8 aromatic rings. The number of halogens is 1. The molecule has 0 aliphatic carbocycles. The smallest absolute Gasteiger partial charge is 0.507 e. The molecule has 0 saturated carbocycles. The van der Waals surface area contributed by atoms with E-state index in [0.29, 0.717) is 32.2 Å². The van der Waals surface area contributed by atoms with E-state index in [1.165, 1.54) is 0 Å². The Balaban J connectivity index is 0.921. The molecule has 0 unspecified atom stereocenters. The van der Waals surface area contributed by atoms with Gasteiger partial charge in [0, 0.05) is 22.3 Å². The molecule has 0 aliphatic heterocycles. The van der Waals surface area contributed by atoms with Crippen LogP contribution in [-0.2, 0) is 7.58 Å². The molecule has 0 amide bonds. The minimum Gasteiger partial charge on any atom is -0.507 e. The largest absolute Gasteiger partial charge is 0.668 e. The monoisotopic (exact) mass is 811 g/mol. The first kappa shape index (κ1) is 34.3. The molecule has 1 radical (unpaired) electrons. The standard InChI is InChI=1S/C22H16IO3.C22H17O3.Al/c23-26-20-12-10-16-6-2-4-8-18(16)22(20)21-17-7-3-1-5-15(17)9-11-19(21)25-14-13-24;23-13-14-25-20-12-10-16-6-2-4-8-18(16)22(20)21-17-7-3-1-5-15(17)9-11-19(21)24;/h1-12H,13-14H2;1-12,24H,13-14H2;/q2*-1;+2. The van der Waals surface area contributed by atoms with Gasteiger partial charge in [-0.05, 0) is 67.4 Å². The summed E-state index contributed by atoms with van der Waals surface area (Å²) in [5.41, 5.74) is 3.61. The number of phenols is 1. The van der Waals surface area contributed by atoms with E-state index in [4.69, 9.17) is 20.1 Å². The van der Waals surface area contributed by atoms with Crippen molar-refractivity contribution in [3.63, 3.8) is 0 Å². The molecule has 8 rings (SSSR count). The number of benzene rings is 8. The van der Waals surface area contributed by atoms with Gasteiger partial charge in [-0.25, -0.2) is 0 Å². The minimum atomic E-state index is -0.722. The van der Waals surface area contributed by atoms with Gasteiger partial charge in [0.05, 0.1) is 13.2 Å². The lowest BCUT2D eigenvalue weighted by molar-refractivity contribution is 0.160. The number of fused-ring (bicyclic) bond motifs is 4. The summed E-state index contributed by atoms with van der Waals surface area (Å²) in [6.07, 6.45) is 0. The van der Waals surface area contributed by atoms with E-state index in [-0.39, 0.29) is 5.75 Å². The van der Waals surface area contributed by atoms with E-state index in [1.54, 1.807) is 6.07 Å². The van der Waals surface area contributed by atoms with Gasteiger partial charge in [-0.1, -0.05) is 121 Å². The molecule has 0 bridgehead atoms. The summed E-state index contributed by atoms with van der Waals surface area (Å²) in [6, 6.07) is 48.8. The van der Waals surface area contributed by atoms with Gasteiger partial charge >= 0.3 is 15.9 Å². The van der Waals surface area contributed by atoms with Crippen molar-refractivity contribution in [2.45, 2.75) is 0 Å². The van der Waals surface area contributed by atoms with E-state index in [1.807, 2.05) is 114 Å². The van der Waals surface area contributed by atoms with Crippen LogP contribution in [0.15, 0.2) is 146 Å². The highest BCUT2D eigenvalue weighted by Gasteiger charge is 2.20. The van der Waals surface area contributed by atoms with Gasteiger partial charge in [0.25, 0.3) is 0 Å². The molecule has 0 spiro atoms. The maximum Gasteiger partial charge on any atom is 0.668 e. The first-order chi connectivity index (χ1) is 25.7. The Bertz CT molecular complexity index is 2540. The van der Waals surface area contributed by atoms with Crippen LogP contribution < -0.4 is 12.5 Å². The fourth-order valence-electron chi connectivity index (χ4n) is 6.90. The molecule has 52 heavy (non-hydrogen) atoms. The van der Waals surface area contributed by atoms with Gasteiger partial charge in [-0.15, -0.1) is 0 Å². The lowest BCUT2D eigenvalue weighted by Gasteiger charge is -2.18. The van der Waals surface area contributed by atoms with E-state index < -0.39 is 15.9 Å². The second-order valence-electron chi connectivity index (χ2n) is 12.3. The molecule has 1 N–H and O–H groups in total. The Morgan fingerprint density at radius 2 is 0.769 bits per heavy atom. The Labute approximate surface area is 322 Å². The molecule has 0 atom stereocenters. The van der Waals surface area contributed by atoms with E-state index >= 15 is 0 Å². The Morgan fingerprint density at radius 3 is 1.23 bits per heavy atom. The molecule has 8 aromatic carbocycles. The Morgan fingerprint density at radius 1 is 0.404 bits per heavy atom. The summed E-state index contributed by atoms with van der Waals surface area (Å²) in [4.78, 5) is 0. The van der Waals surface area contributed by atoms with Crippen LogP contribution in [0.5, 0.6) is 23.0 Å². The normalized spacial score (nSPS) is 11.3. The topological polar surface area (TPSA) is 66.4 Å². The van der Waals surface area contributed by atoms with Gasteiger partial charge < -0.3 is 25.2 Å². The molecule has 0 aromatic heterocycles. The van der Waals surface area contributed by atoms with Crippen molar-refractivity contribution >= 4 is 82.0 Å². The van der Waals surface area contributed by atoms with Gasteiger partial charge in [-0.3, -0.25) is 0 Å². The average molecular weight is 812 g/mol. The fourth-order valence-corrected chi connectivity index (χ4v) is 7.75. The van der Waals surface area contributed by atoms with E-state index in [2.05, 4.69) is 48.5 Å². The highest BCUT2D eigenvalue weighted by atomic mass is 127. The maximum absolute atomic E-state index is 11.1. The third kappa shape index (κ3) is 6.89. The van der Waals surface area contributed by atoms with Crippen LogP contribution in [0.25, 0.3) is 65.3 Å². The highest BCUT2D eigenvalue weighted by molar-refractivity contribution is 14.1. The summed E-state index contributed by atoms with van der Waals surface area (Å²) in [7, 11) is 0. The SMILES string of the molecule is Oc1ccc2ccccc2c1-c1c(OCC[O][Al][O]CCOc2ccc3ccccc3c2-c2c(OI)ccc3ccccc23)ccc2ccccc12. The second-order valence-corrected chi connectivity index (χ2v) is 13.6. The molecule has 0 heterocycles. The Kier molecular flexibility index (Phi) is 10.4. The lowest BCUT2D eigenvalue weighted by atomic mass is 9.92. The minimum absolute atomic E-state index is 0.211. The summed E-state index contributed by atoms with van der Waals surface area (Å²) in [6.45, 7) is 1.43. The predicted molar refractivity (Wildman–Crippen MR) is 219 cm³/mol. The zero-order valence-corrected chi connectivity index (χ0v) is 31.4. The molecule has 0 aliphatic rings. The van der Waals surface area contributed by atoms with Crippen LogP contribution in [0.2, 0.25) is 0 Å². The molecule has 6 nitrogen and oxygen atoms in total. The van der Waals surface area contributed by atoms with Gasteiger partial charge in [0.15, 0.2) is 23.0 Å². The first-order valence-electron chi connectivity index (χ1n) is 17.1. The summed E-state index contributed by atoms with van der Waals surface area (Å²) < 4.78 is 30.3. The van der Waals surface area contributed by atoms with Crippen LogP contribution in [0.4, 0.5) is 0 Å². The Hall–Kier alpha value is -4.82. The van der Waals surface area contributed by atoms with Crippen LogP contribution in [0, 0.1) is 0 Å².